The van der Waals surface area contributed by atoms with E-state index in [1.807, 2.05) is 6.92 Å². The molecular weight excluding hydrogens is 248 g/mol. The summed E-state index contributed by atoms with van der Waals surface area (Å²) >= 11 is 0. The van der Waals surface area contributed by atoms with Gasteiger partial charge in [-0.05, 0) is 44.4 Å². The number of nitrogens with zero attached hydrogens (tertiary/aromatic N) is 2. The first-order chi connectivity index (χ1) is 9.06. The number of halogens is 2. The molecule has 1 fully saturated rings. The third kappa shape index (κ3) is 2.69. The third-order valence-corrected chi connectivity index (χ3v) is 3.75. The zero-order valence-electron chi connectivity index (χ0n) is 10.9. The summed E-state index contributed by atoms with van der Waals surface area (Å²) in [6.45, 7) is 3.02. The number of nitriles is 1. The van der Waals surface area contributed by atoms with Crippen molar-refractivity contribution in [2.24, 2.45) is 11.7 Å². The molecule has 0 amide bonds. The van der Waals surface area contributed by atoms with Crippen molar-refractivity contribution in [1.82, 2.24) is 0 Å². The van der Waals surface area contributed by atoms with Gasteiger partial charge in [0.25, 0.3) is 0 Å². The van der Waals surface area contributed by atoms with Gasteiger partial charge in [-0.25, -0.2) is 8.78 Å². The molecule has 1 aromatic carbocycles. The first kappa shape index (κ1) is 13.8. The minimum Gasteiger partial charge on any atom is -0.364 e. The zero-order valence-corrected chi connectivity index (χ0v) is 10.9. The number of benzene rings is 1. The standard InChI is InChI=1S/C14H17F2N3/c1-9-2-3-10(6-17)8-19(9)14-12(15)4-11(7-18)5-13(14)16/h4-5,9-10H,2-3,6,8,17H2,1H3. The average Bonchev–Trinajstić information content (AvgIpc) is 2.39. The van der Waals surface area contributed by atoms with E-state index in [2.05, 4.69) is 0 Å². The molecule has 19 heavy (non-hydrogen) atoms. The molecule has 0 saturated carbocycles. The van der Waals surface area contributed by atoms with E-state index < -0.39 is 11.6 Å². The van der Waals surface area contributed by atoms with Crippen LogP contribution in [-0.4, -0.2) is 19.1 Å². The second-order valence-corrected chi connectivity index (χ2v) is 5.08. The van der Waals surface area contributed by atoms with Gasteiger partial charge in [0, 0.05) is 12.6 Å². The summed E-state index contributed by atoms with van der Waals surface area (Å²) in [6.07, 6.45) is 1.84. The van der Waals surface area contributed by atoms with Gasteiger partial charge in [-0.15, -0.1) is 0 Å². The molecule has 1 saturated heterocycles. The summed E-state index contributed by atoms with van der Waals surface area (Å²) in [5.74, 6) is -1.10. The Morgan fingerprint density at radius 1 is 1.37 bits per heavy atom. The highest BCUT2D eigenvalue weighted by molar-refractivity contribution is 5.53. The van der Waals surface area contributed by atoms with Crippen molar-refractivity contribution in [3.8, 4) is 6.07 Å². The second kappa shape index (κ2) is 5.54. The molecule has 1 aromatic rings. The van der Waals surface area contributed by atoms with E-state index in [0.717, 1.165) is 25.0 Å². The minimum atomic E-state index is -0.680. The summed E-state index contributed by atoms with van der Waals surface area (Å²) in [4.78, 5) is 1.73. The molecule has 0 spiro atoms. The molecule has 2 unspecified atom stereocenters. The predicted molar refractivity (Wildman–Crippen MR) is 69.7 cm³/mol. The van der Waals surface area contributed by atoms with Crippen molar-refractivity contribution in [2.75, 3.05) is 18.0 Å². The Morgan fingerprint density at radius 2 is 2.00 bits per heavy atom. The van der Waals surface area contributed by atoms with Crippen LogP contribution in [0.15, 0.2) is 12.1 Å². The highest BCUT2D eigenvalue weighted by Gasteiger charge is 2.29. The van der Waals surface area contributed by atoms with Crippen LogP contribution in [0.2, 0.25) is 0 Å². The molecule has 5 heteroatoms. The Morgan fingerprint density at radius 3 is 2.53 bits per heavy atom. The van der Waals surface area contributed by atoms with E-state index in [-0.39, 0.29) is 23.2 Å². The van der Waals surface area contributed by atoms with Crippen LogP contribution in [-0.2, 0) is 0 Å². The van der Waals surface area contributed by atoms with Crippen molar-refractivity contribution < 1.29 is 8.78 Å². The van der Waals surface area contributed by atoms with Crippen molar-refractivity contribution in [3.05, 3.63) is 29.3 Å². The molecule has 3 nitrogen and oxygen atoms in total. The quantitative estimate of drug-likeness (QED) is 0.893. The lowest BCUT2D eigenvalue weighted by Crippen LogP contribution is -2.44. The molecule has 2 N–H and O–H groups in total. The van der Waals surface area contributed by atoms with Gasteiger partial charge >= 0.3 is 0 Å². The van der Waals surface area contributed by atoms with Gasteiger partial charge in [-0.1, -0.05) is 0 Å². The van der Waals surface area contributed by atoms with Crippen molar-refractivity contribution in [3.63, 3.8) is 0 Å². The fourth-order valence-electron chi connectivity index (χ4n) is 2.59. The third-order valence-electron chi connectivity index (χ3n) is 3.75. The van der Waals surface area contributed by atoms with Crippen LogP contribution in [0.1, 0.15) is 25.3 Å². The fourth-order valence-corrected chi connectivity index (χ4v) is 2.59. The summed E-state index contributed by atoms with van der Waals surface area (Å²) in [6, 6.07) is 3.98. The summed E-state index contributed by atoms with van der Waals surface area (Å²) < 4.78 is 28.0. The van der Waals surface area contributed by atoms with Crippen molar-refractivity contribution >= 4 is 5.69 Å². The number of nitrogens with two attached hydrogens (primary N) is 1. The smallest absolute Gasteiger partial charge is 0.150 e. The minimum absolute atomic E-state index is 0.00112. The SMILES string of the molecule is CC1CCC(CN)CN1c1c(F)cc(C#N)cc1F. The highest BCUT2D eigenvalue weighted by atomic mass is 19.1. The van der Waals surface area contributed by atoms with E-state index in [9.17, 15) is 8.78 Å². The number of piperidine rings is 1. The van der Waals surface area contributed by atoms with Crippen LogP contribution < -0.4 is 10.6 Å². The van der Waals surface area contributed by atoms with Crippen LogP contribution in [0.3, 0.4) is 0 Å². The molecule has 1 aliphatic rings. The summed E-state index contributed by atoms with van der Waals surface area (Å²) in [5.41, 5.74) is 5.62. The van der Waals surface area contributed by atoms with E-state index in [0.29, 0.717) is 13.1 Å². The van der Waals surface area contributed by atoms with E-state index in [4.69, 9.17) is 11.0 Å². The van der Waals surface area contributed by atoms with Crippen LogP contribution in [0, 0.1) is 28.9 Å². The molecular formula is C14H17F2N3. The molecule has 0 radical (unpaired) electrons. The lowest BCUT2D eigenvalue weighted by Gasteiger charge is -2.39. The Balaban J connectivity index is 2.37. The Labute approximate surface area is 111 Å². The lowest BCUT2D eigenvalue weighted by molar-refractivity contribution is 0.366. The predicted octanol–water partition coefficient (Wildman–Crippen LogP) is 2.40. The summed E-state index contributed by atoms with van der Waals surface area (Å²) in [5, 5.41) is 8.71. The zero-order chi connectivity index (χ0) is 14.0. The van der Waals surface area contributed by atoms with Crippen LogP contribution >= 0.6 is 0 Å². The number of hydrogen-bond acceptors (Lipinski definition) is 3. The maximum atomic E-state index is 14.0. The summed E-state index contributed by atoms with van der Waals surface area (Å²) in [7, 11) is 0. The molecule has 1 heterocycles. The van der Waals surface area contributed by atoms with E-state index >= 15 is 0 Å². The van der Waals surface area contributed by atoms with Gasteiger partial charge in [0.05, 0.1) is 11.6 Å². The lowest BCUT2D eigenvalue weighted by atomic mass is 9.93. The maximum absolute atomic E-state index is 14.0. The topological polar surface area (TPSA) is 53.0 Å². The van der Waals surface area contributed by atoms with E-state index in [1.54, 1.807) is 11.0 Å². The first-order valence-electron chi connectivity index (χ1n) is 6.42. The number of rotatable bonds is 2. The first-order valence-corrected chi connectivity index (χ1v) is 6.42. The molecule has 102 valence electrons. The van der Waals surface area contributed by atoms with Crippen molar-refractivity contribution in [2.45, 2.75) is 25.8 Å². The van der Waals surface area contributed by atoms with Crippen LogP contribution in [0.5, 0.6) is 0 Å². The van der Waals surface area contributed by atoms with Gasteiger partial charge in [-0.2, -0.15) is 5.26 Å². The largest absolute Gasteiger partial charge is 0.364 e. The molecule has 2 atom stereocenters. The van der Waals surface area contributed by atoms with Crippen LogP contribution in [0.4, 0.5) is 14.5 Å². The molecule has 0 aromatic heterocycles. The monoisotopic (exact) mass is 265 g/mol. The second-order valence-electron chi connectivity index (χ2n) is 5.08. The fraction of sp³-hybridized carbons (Fsp3) is 0.500. The maximum Gasteiger partial charge on any atom is 0.150 e. The van der Waals surface area contributed by atoms with Crippen LogP contribution in [0.25, 0.3) is 0 Å². The Hall–Kier alpha value is -1.67. The van der Waals surface area contributed by atoms with E-state index in [1.165, 1.54) is 0 Å². The van der Waals surface area contributed by atoms with Gasteiger partial charge in [0.1, 0.15) is 5.69 Å². The van der Waals surface area contributed by atoms with Gasteiger partial charge in [0.2, 0.25) is 0 Å². The number of hydrogen-bond donors (Lipinski definition) is 1. The van der Waals surface area contributed by atoms with Gasteiger partial charge in [0.15, 0.2) is 11.6 Å². The Bertz CT molecular complexity index is 487. The molecule has 2 rings (SSSR count). The average molecular weight is 265 g/mol. The molecule has 0 bridgehead atoms. The highest BCUT2D eigenvalue weighted by Crippen LogP contribution is 2.32. The Kier molecular flexibility index (Phi) is 4.01. The number of anilines is 1. The normalized spacial score (nSPS) is 23.2. The van der Waals surface area contributed by atoms with Gasteiger partial charge < -0.3 is 10.6 Å². The van der Waals surface area contributed by atoms with Gasteiger partial charge in [-0.3, -0.25) is 0 Å². The molecule has 0 aliphatic carbocycles. The van der Waals surface area contributed by atoms with Crippen molar-refractivity contribution in [1.29, 1.82) is 5.26 Å². The molecule has 1 aliphatic heterocycles.